The normalized spacial score (nSPS) is 32.2. The summed E-state index contributed by atoms with van der Waals surface area (Å²) in [5, 5.41) is 0. The molecule has 1 fully saturated rings. The number of ketones is 1. The average Bonchev–Trinajstić information content (AvgIpc) is 2.56. The highest BCUT2D eigenvalue weighted by Crippen LogP contribution is 2.57. The van der Waals surface area contributed by atoms with Gasteiger partial charge in [0, 0.05) is 12.0 Å². The van der Waals surface area contributed by atoms with Crippen molar-refractivity contribution in [3.63, 3.8) is 0 Å². The van der Waals surface area contributed by atoms with E-state index < -0.39 is 5.41 Å². The highest BCUT2D eigenvalue weighted by Gasteiger charge is 2.57. The van der Waals surface area contributed by atoms with Crippen LogP contribution in [0.2, 0.25) is 0 Å². The summed E-state index contributed by atoms with van der Waals surface area (Å²) in [6, 6.07) is 6.36. The number of hydrogen-bond acceptors (Lipinski definition) is 3. The molecule has 0 aliphatic heterocycles. The molecule has 24 heavy (non-hydrogen) atoms. The van der Waals surface area contributed by atoms with E-state index in [-0.39, 0.29) is 23.1 Å². The van der Waals surface area contributed by atoms with Crippen LogP contribution in [0.4, 0.5) is 0 Å². The minimum Gasteiger partial charge on any atom is -0.469 e. The van der Waals surface area contributed by atoms with E-state index in [1.165, 1.54) is 12.7 Å². The standard InChI is InChI=1S/C21H28O3/c1-13(2)14-7-8-16-15(11-14)17(22)12-18-20(16,3)9-6-10-21(18,4)19(23)24-5/h7-8,11,13,18H,6,9-10,12H2,1-5H3/t18-,20+,21+/m0/s1. The first kappa shape index (κ1) is 17.2. The summed E-state index contributed by atoms with van der Waals surface area (Å²) in [6.07, 6.45) is 3.24. The summed E-state index contributed by atoms with van der Waals surface area (Å²) < 4.78 is 5.11. The highest BCUT2D eigenvalue weighted by molar-refractivity contribution is 6.00. The summed E-state index contributed by atoms with van der Waals surface area (Å²) in [7, 11) is 1.45. The molecule has 0 heterocycles. The van der Waals surface area contributed by atoms with E-state index in [1.807, 2.05) is 6.92 Å². The number of Topliss-reactive ketones (excluding diaryl/α,β-unsaturated/α-hetero) is 1. The predicted molar refractivity (Wildman–Crippen MR) is 94.3 cm³/mol. The molecular weight excluding hydrogens is 300 g/mol. The quantitative estimate of drug-likeness (QED) is 0.743. The number of ether oxygens (including phenoxy) is 1. The number of carbonyl (C=O) groups excluding carboxylic acids is 2. The van der Waals surface area contributed by atoms with Crippen LogP contribution >= 0.6 is 0 Å². The zero-order valence-corrected chi connectivity index (χ0v) is 15.4. The monoisotopic (exact) mass is 328 g/mol. The third kappa shape index (κ3) is 2.32. The van der Waals surface area contributed by atoms with Gasteiger partial charge in [0.05, 0.1) is 12.5 Å². The van der Waals surface area contributed by atoms with E-state index in [4.69, 9.17) is 4.74 Å². The molecule has 0 N–H and O–H groups in total. The van der Waals surface area contributed by atoms with Crippen molar-refractivity contribution in [2.45, 2.75) is 64.7 Å². The van der Waals surface area contributed by atoms with Crippen molar-refractivity contribution in [2.24, 2.45) is 11.3 Å². The summed E-state index contributed by atoms with van der Waals surface area (Å²) in [6.45, 7) is 8.52. The van der Waals surface area contributed by atoms with E-state index in [9.17, 15) is 9.59 Å². The molecule has 130 valence electrons. The topological polar surface area (TPSA) is 43.4 Å². The van der Waals surface area contributed by atoms with Crippen LogP contribution in [0.5, 0.6) is 0 Å². The third-order valence-electron chi connectivity index (χ3n) is 6.60. The molecular formula is C21H28O3. The number of fused-ring (bicyclic) bond motifs is 3. The second-order valence-electron chi connectivity index (χ2n) is 8.32. The Morgan fingerprint density at radius 3 is 2.58 bits per heavy atom. The minimum atomic E-state index is -0.578. The molecule has 2 aliphatic carbocycles. The first-order valence-corrected chi connectivity index (χ1v) is 9.00. The Kier molecular flexibility index (Phi) is 4.09. The van der Waals surface area contributed by atoms with Crippen molar-refractivity contribution in [1.29, 1.82) is 0 Å². The Morgan fingerprint density at radius 2 is 1.96 bits per heavy atom. The van der Waals surface area contributed by atoms with Gasteiger partial charge in [0.25, 0.3) is 0 Å². The lowest BCUT2D eigenvalue weighted by molar-refractivity contribution is -0.160. The maximum absolute atomic E-state index is 12.9. The molecule has 3 heteroatoms. The van der Waals surface area contributed by atoms with E-state index in [1.54, 1.807) is 0 Å². The molecule has 0 spiro atoms. The summed E-state index contributed by atoms with van der Waals surface area (Å²) in [5.41, 5.74) is 2.49. The summed E-state index contributed by atoms with van der Waals surface area (Å²) >= 11 is 0. The SMILES string of the molecule is COC(=O)[C@]1(C)CCC[C@]2(C)c3ccc(C(C)C)cc3C(=O)C[C@H]12. The Labute approximate surface area is 144 Å². The molecule has 3 atom stereocenters. The predicted octanol–water partition coefficient (Wildman–Crippen LogP) is 4.63. The zero-order chi connectivity index (χ0) is 17.7. The number of benzene rings is 1. The molecule has 0 bridgehead atoms. The molecule has 0 amide bonds. The largest absolute Gasteiger partial charge is 0.469 e. The van der Waals surface area contributed by atoms with Crippen molar-refractivity contribution < 1.29 is 14.3 Å². The molecule has 0 unspecified atom stereocenters. The van der Waals surface area contributed by atoms with Gasteiger partial charge < -0.3 is 4.74 Å². The fourth-order valence-electron chi connectivity index (χ4n) is 5.07. The number of methoxy groups -OCH3 is 1. The van der Waals surface area contributed by atoms with Crippen molar-refractivity contribution in [3.8, 4) is 0 Å². The second kappa shape index (κ2) is 5.72. The first-order chi connectivity index (χ1) is 11.2. The third-order valence-corrected chi connectivity index (χ3v) is 6.60. The van der Waals surface area contributed by atoms with Crippen LogP contribution in [-0.2, 0) is 14.9 Å². The molecule has 2 aliphatic rings. The van der Waals surface area contributed by atoms with Crippen LogP contribution in [-0.4, -0.2) is 18.9 Å². The number of hydrogen-bond donors (Lipinski definition) is 0. The first-order valence-electron chi connectivity index (χ1n) is 9.00. The zero-order valence-electron chi connectivity index (χ0n) is 15.4. The fraction of sp³-hybridized carbons (Fsp3) is 0.619. The van der Waals surface area contributed by atoms with Crippen LogP contribution in [0.1, 0.15) is 80.8 Å². The van der Waals surface area contributed by atoms with Crippen molar-refractivity contribution in [2.75, 3.05) is 7.11 Å². The molecule has 3 nitrogen and oxygen atoms in total. The Morgan fingerprint density at radius 1 is 1.25 bits per heavy atom. The Bertz CT molecular complexity index is 690. The van der Waals surface area contributed by atoms with Gasteiger partial charge in [0.15, 0.2) is 5.78 Å². The lowest BCUT2D eigenvalue weighted by Gasteiger charge is -2.53. The van der Waals surface area contributed by atoms with Gasteiger partial charge in [-0.3, -0.25) is 9.59 Å². The number of carbonyl (C=O) groups is 2. The lowest BCUT2D eigenvalue weighted by Crippen LogP contribution is -2.53. The van der Waals surface area contributed by atoms with Gasteiger partial charge in [-0.15, -0.1) is 0 Å². The summed E-state index contributed by atoms with van der Waals surface area (Å²) in [5.74, 6) is 0.414. The van der Waals surface area contributed by atoms with Gasteiger partial charge in [-0.1, -0.05) is 39.3 Å². The molecule has 1 aromatic rings. The lowest BCUT2D eigenvalue weighted by atomic mass is 9.49. The maximum atomic E-state index is 12.9. The van der Waals surface area contributed by atoms with Crippen LogP contribution < -0.4 is 0 Å². The number of rotatable bonds is 2. The Hall–Kier alpha value is -1.64. The molecule has 0 aromatic heterocycles. The second-order valence-corrected chi connectivity index (χ2v) is 8.32. The highest BCUT2D eigenvalue weighted by atomic mass is 16.5. The fourth-order valence-corrected chi connectivity index (χ4v) is 5.07. The molecule has 0 saturated heterocycles. The van der Waals surface area contributed by atoms with E-state index in [0.29, 0.717) is 12.3 Å². The minimum absolute atomic E-state index is 0.0103. The van der Waals surface area contributed by atoms with Gasteiger partial charge in [-0.2, -0.15) is 0 Å². The van der Waals surface area contributed by atoms with Crippen molar-refractivity contribution in [1.82, 2.24) is 0 Å². The van der Waals surface area contributed by atoms with Gasteiger partial charge in [-0.05, 0) is 54.2 Å². The maximum Gasteiger partial charge on any atom is 0.311 e. The molecule has 1 aromatic carbocycles. The van der Waals surface area contributed by atoms with Crippen LogP contribution in [0.25, 0.3) is 0 Å². The van der Waals surface area contributed by atoms with E-state index in [0.717, 1.165) is 30.4 Å². The van der Waals surface area contributed by atoms with E-state index in [2.05, 4.69) is 39.0 Å². The average molecular weight is 328 g/mol. The van der Waals surface area contributed by atoms with E-state index >= 15 is 0 Å². The molecule has 3 rings (SSSR count). The van der Waals surface area contributed by atoms with Crippen molar-refractivity contribution >= 4 is 11.8 Å². The van der Waals surface area contributed by atoms with Gasteiger partial charge in [0.1, 0.15) is 0 Å². The van der Waals surface area contributed by atoms with Crippen molar-refractivity contribution in [3.05, 3.63) is 34.9 Å². The van der Waals surface area contributed by atoms with Gasteiger partial charge in [-0.25, -0.2) is 0 Å². The molecule has 1 saturated carbocycles. The molecule has 0 radical (unpaired) electrons. The van der Waals surface area contributed by atoms with Crippen LogP contribution in [0, 0.1) is 11.3 Å². The van der Waals surface area contributed by atoms with Gasteiger partial charge in [0.2, 0.25) is 0 Å². The van der Waals surface area contributed by atoms with Crippen LogP contribution in [0.3, 0.4) is 0 Å². The van der Waals surface area contributed by atoms with Crippen LogP contribution in [0.15, 0.2) is 18.2 Å². The number of esters is 1. The summed E-state index contributed by atoms with van der Waals surface area (Å²) in [4.78, 5) is 25.4. The van der Waals surface area contributed by atoms with Gasteiger partial charge >= 0.3 is 5.97 Å². The Balaban J connectivity index is 2.14. The smallest absolute Gasteiger partial charge is 0.311 e.